The van der Waals surface area contributed by atoms with E-state index in [2.05, 4.69) is 52.6 Å². The van der Waals surface area contributed by atoms with E-state index >= 15 is 0 Å². The van der Waals surface area contributed by atoms with Crippen LogP contribution in [0.3, 0.4) is 0 Å². The van der Waals surface area contributed by atoms with Crippen LogP contribution in [0.15, 0.2) is 54.9 Å². The molecule has 0 aliphatic carbocycles. The molecule has 3 rings (SSSR count). The van der Waals surface area contributed by atoms with Gasteiger partial charge in [-0.15, -0.1) is 0 Å². The third-order valence-electron chi connectivity index (χ3n) is 4.85. The Morgan fingerprint density at radius 3 is 2.11 bits per heavy atom. The highest BCUT2D eigenvalue weighted by molar-refractivity contribution is 5.93. The topological polar surface area (TPSA) is 66.9 Å². The smallest absolute Gasteiger partial charge is 0.254 e. The molecule has 0 saturated carbocycles. The molecule has 0 bridgehead atoms. The largest absolute Gasteiger partial charge is 0.348 e. The van der Waals surface area contributed by atoms with Gasteiger partial charge in [0, 0.05) is 24.6 Å². The molecular formula is C23H26N4O. The minimum atomic E-state index is -0.182. The second-order valence-corrected chi connectivity index (χ2v) is 6.69. The van der Waals surface area contributed by atoms with Crippen LogP contribution in [0, 0.1) is 6.92 Å². The van der Waals surface area contributed by atoms with Crippen LogP contribution < -0.4 is 10.6 Å². The van der Waals surface area contributed by atoms with E-state index in [1.807, 2.05) is 31.2 Å². The Hall–Kier alpha value is -3.21. The van der Waals surface area contributed by atoms with Crippen LogP contribution in [-0.4, -0.2) is 15.9 Å². The van der Waals surface area contributed by atoms with Crippen molar-refractivity contribution in [3.63, 3.8) is 0 Å². The molecule has 5 heteroatoms. The number of carbonyl (C=O) groups is 1. The number of benzene rings is 2. The summed E-state index contributed by atoms with van der Waals surface area (Å²) in [5.74, 6) is 0.309. The molecule has 0 aliphatic heterocycles. The fourth-order valence-corrected chi connectivity index (χ4v) is 3.11. The Balaban J connectivity index is 1.68. The van der Waals surface area contributed by atoms with Crippen molar-refractivity contribution in [2.75, 3.05) is 5.32 Å². The van der Waals surface area contributed by atoms with Gasteiger partial charge in [-0.1, -0.05) is 56.3 Å². The Kier molecular flexibility index (Phi) is 6.37. The van der Waals surface area contributed by atoms with Crippen LogP contribution in [0.25, 0.3) is 0 Å². The van der Waals surface area contributed by atoms with Crippen LogP contribution in [0.5, 0.6) is 0 Å². The minimum Gasteiger partial charge on any atom is -0.348 e. The van der Waals surface area contributed by atoms with E-state index in [4.69, 9.17) is 0 Å². The first-order chi connectivity index (χ1) is 13.6. The first-order valence-corrected chi connectivity index (χ1v) is 9.64. The van der Waals surface area contributed by atoms with Crippen LogP contribution in [0.1, 0.15) is 46.5 Å². The van der Waals surface area contributed by atoms with Gasteiger partial charge in [-0.2, -0.15) is 0 Å². The van der Waals surface area contributed by atoms with Gasteiger partial charge in [0.2, 0.25) is 5.95 Å². The van der Waals surface area contributed by atoms with Crippen molar-refractivity contribution in [1.82, 2.24) is 15.3 Å². The first-order valence-electron chi connectivity index (χ1n) is 9.64. The number of amides is 1. The predicted octanol–water partition coefficient (Wildman–Crippen LogP) is 4.58. The van der Waals surface area contributed by atoms with Gasteiger partial charge in [-0.3, -0.25) is 4.79 Å². The van der Waals surface area contributed by atoms with Crippen molar-refractivity contribution in [3.05, 3.63) is 82.7 Å². The van der Waals surface area contributed by atoms with Crippen LogP contribution >= 0.6 is 0 Å². The number of carbonyl (C=O) groups excluding carboxylic acids is 1. The Bertz CT molecular complexity index is 929. The highest BCUT2D eigenvalue weighted by Crippen LogP contribution is 2.25. The molecule has 2 N–H and O–H groups in total. The number of hydrogen-bond donors (Lipinski definition) is 2. The van der Waals surface area contributed by atoms with Gasteiger partial charge in [0.15, 0.2) is 0 Å². The van der Waals surface area contributed by atoms with Gasteiger partial charge in [-0.05, 0) is 42.0 Å². The normalized spacial score (nSPS) is 10.5. The fourth-order valence-electron chi connectivity index (χ4n) is 3.11. The lowest BCUT2D eigenvalue weighted by atomic mass is 10.0. The Morgan fingerprint density at radius 2 is 1.50 bits per heavy atom. The van der Waals surface area contributed by atoms with Gasteiger partial charge in [-0.25, -0.2) is 9.97 Å². The summed E-state index contributed by atoms with van der Waals surface area (Å²) in [6.45, 7) is 6.77. The van der Waals surface area contributed by atoms with Crippen LogP contribution in [0.2, 0.25) is 0 Å². The number of aromatic nitrogens is 2. The van der Waals surface area contributed by atoms with E-state index in [0.717, 1.165) is 29.7 Å². The summed E-state index contributed by atoms with van der Waals surface area (Å²) < 4.78 is 0. The monoisotopic (exact) mass is 374 g/mol. The highest BCUT2D eigenvalue weighted by Gasteiger charge is 2.10. The molecule has 1 aromatic heterocycles. The number of rotatable bonds is 7. The molecule has 5 nitrogen and oxygen atoms in total. The predicted molar refractivity (Wildman–Crippen MR) is 113 cm³/mol. The SMILES string of the molecule is CCc1cccc(CC)c1Nc1ncc(C(=O)NCc2ccccc2C)cn1. The number of nitrogens with one attached hydrogen (secondary N) is 2. The third kappa shape index (κ3) is 4.55. The molecule has 0 aliphatic rings. The highest BCUT2D eigenvalue weighted by atomic mass is 16.1. The van der Waals surface area contributed by atoms with Gasteiger partial charge >= 0.3 is 0 Å². The van der Waals surface area contributed by atoms with Gasteiger partial charge < -0.3 is 10.6 Å². The maximum absolute atomic E-state index is 12.4. The molecule has 28 heavy (non-hydrogen) atoms. The van der Waals surface area contributed by atoms with Crippen molar-refractivity contribution in [3.8, 4) is 0 Å². The average Bonchev–Trinajstić information content (AvgIpc) is 2.73. The van der Waals surface area contributed by atoms with Crippen molar-refractivity contribution >= 4 is 17.5 Å². The van der Waals surface area contributed by atoms with E-state index in [0.29, 0.717) is 18.1 Å². The molecule has 2 aromatic carbocycles. The zero-order valence-corrected chi connectivity index (χ0v) is 16.6. The zero-order valence-electron chi connectivity index (χ0n) is 16.6. The summed E-state index contributed by atoms with van der Waals surface area (Å²) in [5, 5.41) is 6.24. The molecule has 0 radical (unpaired) electrons. The van der Waals surface area contributed by atoms with Gasteiger partial charge in [0.1, 0.15) is 0 Å². The van der Waals surface area contributed by atoms with E-state index in [1.54, 1.807) is 12.4 Å². The molecule has 0 saturated heterocycles. The maximum atomic E-state index is 12.4. The molecule has 1 heterocycles. The van der Waals surface area contributed by atoms with Crippen molar-refractivity contribution in [2.24, 2.45) is 0 Å². The molecule has 0 unspecified atom stereocenters. The Labute approximate surface area is 166 Å². The maximum Gasteiger partial charge on any atom is 0.254 e. The quantitative estimate of drug-likeness (QED) is 0.635. The van der Waals surface area contributed by atoms with E-state index in [9.17, 15) is 4.79 Å². The molecule has 144 valence electrons. The van der Waals surface area contributed by atoms with Gasteiger partial charge in [0.25, 0.3) is 5.91 Å². The average molecular weight is 374 g/mol. The summed E-state index contributed by atoms with van der Waals surface area (Å²) in [5.41, 5.74) is 6.20. The molecular weight excluding hydrogens is 348 g/mol. The summed E-state index contributed by atoms with van der Waals surface area (Å²) in [6.07, 6.45) is 4.97. The lowest BCUT2D eigenvalue weighted by Crippen LogP contribution is -2.23. The lowest BCUT2D eigenvalue weighted by Gasteiger charge is -2.14. The van der Waals surface area contributed by atoms with Crippen LogP contribution in [-0.2, 0) is 19.4 Å². The number of para-hydroxylation sites is 1. The molecule has 1 amide bonds. The fraction of sp³-hybridized carbons (Fsp3) is 0.261. The third-order valence-corrected chi connectivity index (χ3v) is 4.85. The minimum absolute atomic E-state index is 0.182. The Morgan fingerprint density at radius 1 is 0.893 bits per heavy atom. The zero-order chi connectivity index (χ0) is 19.9. The lowest BCUT2D eigenvalue weighted by molar-refractivity contribution is 0.0950. The number of hydrogen-bond acceptors (Lipinski definition) is 4. The number of anilines is 2. The standard InChI is InChI=1S/C23H26N4O/c1-4-17-11-8-12-18(5-2)21(17)27-23-25-14-20(15-26-23)22(28)24-13-19-10-7-6-9-16(19)3/h6-12,14-15H,4-5,13H2,1-3H3,(H,24,28)(H,25,26,27). The molecule has 3 aromatic rings. The van der Waals surface area contributed by atoms with Gasteiger partial charge in [0.05, 0.1) is 5.56 Å². The van der Waals surface area contributed by atoms with E-state index < -0.39 is 0 Å². The molecule has 0 spiro atoms. The summed E-state index contributed by atoms with van der Waals surface area (Å²) >= 11 is 0. The molecule has 0 atom stereocenters. The molecule has 0 fully saturated rings. The summed E-state index contributed by atoms with van der Waals surface area (Å²) in [6, 6.07) is 14.3. The second-order valence-electron chi connectivity index (χ2n) is 6.69. The summed E-state index contributed by atoms with van der Waals surface area (Å²) in [4.78, 5) is 21.1. The number of aryl methyl sites for hydroxylation is 3. The van der Waals surface area contributed by atoms with E-state index in [-0.39, 0.29) is 5.91 Å². The summed E-state index contributed by atoms with van der Waals surface area (Å²) in [7, 11) is 0. The van der Waals surface area contributed by atoms with E-state index in [1.165, 1.54) is 11.1 Å². The van der Waals surface area contributed by atoms with Crippen molar-refractivity contribution in [2.45, 2.75) is 40.2 Å². The second kappa shape index (κ2) is 9.13. The van der Waals surface area contributed by atoms with Crippen molar-refractivity contribution in [1.29, 1.82) is 0 Å². The van der Waals surface area contributed by atoms with Crippen molar-refractivity contribution < 1.29 is 4.79 Å². The van der Waals surface area contributed by atoms with Crippen LogP contribution in [0.4, 0.5) is 11.6 Å². The first kappa shape index (κ1) is 19.5. The number of nitrogens with zero attached hydrogens (tertiary/aromatic N) is 2.